The summed E-state index contributed by atoms with van der Waals surface area (Å²) in [5, 5.41) is 22.7. The number of nitrogens with zero attached hydrogens (tertiary/aromatic N) is 3. The molecule has 2 aliphatic carbocycles. The topological polar surface area (TPSA) is 183 Å². The van der Waals surface area contributed by atoms with E-state index < -0.39 is 59.3 Å². The highest BCUT2D eigenvalue weighted by atomic mass is 16.3. The molecule has 0 aromatic carbocycles. The Kier molecular flexibility index (Phi) is 14.1. The monoisotopic (exact) mass is 697 g/mol. The summed E-state index contributed by atoms with van der Waals surface area (Å²) in [5.74, 6) is -2.57. The second kappa shape index (κ2) is 18.1. The predicted octanol–water partition coefficient (Wildman–Crippen LogP) is 3.02. The number of aliphatic hydroxyl groups excluding tert-OH is 1. The Morgan fingerprint density at radius 2 is 1.58 bits per heavy atom. The summed E-state index contributed by atoms with van der Waals surface area (Å²) in [4.78, 5) is 78.8. The first-order chi connectivity index (χ1) is 23.8. The van der Waals surface area contributed by atoms with Gasteiger partial charge in [0.2, 0.25) is 17.7 Å². The van der Waals surface area contributed by atoms with Crippen molar-refractivity contribution in [1.29, 1.82) is 0 Å². The van der Waals surface area contributed by atoms with E-state index in [2.05, 4.69) is 31.2 Å². The Labute approximate surface area is 296 Å². The quantitative estimate of drug-likeness (QED) is 0.209. The van der Waals surface area contributed by atoms with Crippen LogP contribution in [0.5, 0.6) is 0 Å². The van der Waals surface area contributed by atoms with Crippen molar-refractivity contribution in [1.82, 2.24) is 36.1 Å². The molecule has 0 radical (unpaired) electrons. The molecule has 0 bridgehead atoms. The van der Waals surface area contributed by atoms with Gasteiger partial charge in [-0.2, -0.15) is 0 Å². The first-order valence-corrected chi connectivity index (χ1v) is 18.8. The zero-order valence-corrected chi connectivity index (χ0v) is 30.6. The smallest absolute Gasteiger partial charge is 0.272 e. The molecule has 5 amide bonds. The Balaban J connectivity index is 1.58. The van der Waals surface area contributed by atoms with E-state index in [-0.39, 0.29) is 29.5 Å². The second-order valence-corrected chi connectivity index (χ2v) is 15.7. The first-order valence-electron chi connectivity index (χ1n) is 18.8. The lowest BCUT2D eigenvalue weighted by Crippen LogP contribution is -2.64. The minimum atomic E-state index is -1.41. The van der Waals surface area contributed by atoms with Crippen molar-refractivity contribution in [2.24, 2.45) is 17.3 Å². The van der Waals surface area contributed by atoms with Gasteiger partial charge in [0.05, 0.1) is 12.2 Å². The molecule has 0 spiro atoms. The number of rotatable bonds is 13. The number of amides is 5. The summed E-state index contributed by atoms with van der Waals surface area (Å²) in [7, 11) is 0. The van der Waals surface area contributed by atoms with Gasteiger partial charge in [-0.05, 0) is 62.2 Å². The summed E-state index contributed by atoms with van der Waals surface area (Å²) in [6.07, 6.45) is 13.3. The van der Waals surface area contributed by atoms with Crippen molar-refractivity contribution in [2.45, 2.75) is 154 Å². The molecule has 1 aromatic rings. The molecular weight excluding hydrogens is 638 g/mol. The normalized spacial score (nSPS) is 22.9. The van der Waals surface area contributed by atoms with Gasteiger partial charge in [0.1, 0.15) is 23.8 Å². The van der Waals surface area contributed by atoms with Crippen LogP contribution in [-0.4, -0.2) is 92.4 Å². The molecular formula is C37H59N7O6. The van der Waals surface area contributed by atoms with Gasteiger partial charge in [-0.15, -0.1) is 0 Å². The standard InChI is InChI=1S/C37H59N7O6/c1-6-13-26(30(45)35(49)40-25-17-18-25)41-34(48)29-23(2)14-9-8-12-21-44(29)36(50)31(37(3,4)5)43-33(47)28(24-15-10-7-11-16-24)42-32(46)27-22-38-19-20-39-27/h19-20,22-26,28-31,45H,6-18,21H2,1-5H3,(H,40,49)(H,41,48)(H,42,46)(H,43,47)/t23?,26-,28-,29-,30?,31+/m0/s1. The van der Waals surface area contributed by atoms with E-state index in [4.69, 9.17) is 0 Å². The van der Waals surface area contributed by atoms with E-state index in [9.17, 15) is 29.1 Å². The predicted molar refractivity (Wildman–Crippen MR) is 188 cm³/mol. The SMILES string of the molecule is CCC[C@H](NC(=O)[C@@H]1C(C)CCCCCN1C(=O)[C@@H](NC(=O)[C@@H](NC(=O)c1cnccn1)C1CCCCC1)C(C)(C)C)C(O)C(=O)NC1CC1. The molecule has 6 atom stereocenters. The number of likely N-dealkylation sites (tertiary alicyclic amines) is 1. The number of aliphatic hydroxyl groups is 1. The Morgan fingerprint density at radius 1 is 0.900 bits per heavy atom. The van der Waals surface area contributed by atoms with Crippen molar-refractivity contribution < 1.29 is 29.1 Å². The number of hydrogen-bond acceptors (Lipinski definition) is 8. The third-order valence-electron chi connectivity index (χ3n) is 10.4. The van der Waals surface area contributed by atoms with Gasteiger partial charge in [-0.25, -0.2) is 4.98 Å². The van der Waals surface area contributed by atoms with E-state index >= 15 is 0 Å². The first kappa shape index (κ1) is 39.2. The van der Waals surface area contributed by atoms with E-state index in [0.717, 1.165) is 64.2 Å². The number of carbonyl (C=O) groups excluding carboxylic acids is 5. The Morgan fingerprint density at radius 3 is 2.20 bits per heavy atom. The maximum absolute atomic E-state index is 14.7. The zero-order valence-electron chi connectivity index (χ0n) is 30.6. The Bertz CT molecular complexity index is 1310. The molecule has 1 saturated heterocycles. The van der Waals surface area contributed by atoms with Crippen LogP contribution in [0.15, 0.2) is 18.6 Å². The molecule has 2 saturated carbocycles. The van der Waals surface area contributed by atoms with Crippen molar-refractivity contribution in [2.75, 3.05) is 6.54 Å². The Hall–Kier alpha value is -3.61. The molecule has 1 aliphatic heterocycles. The fourth-order valence-corrected chi connectivity index (χ4v) is 7.30. The summed E-state index contributed by atoms with van der Waals surface area (Å²) >= 11 is 0. The highest BCUT2D eigenvalue weighted by Gasteiger charge is 2.44. The molecule has 4 rings (SSSR count). The lowest BCUT2D eigenvalue weighted by molar-refractivity contribution is -0.149. The second-order valence-electron chi connectivity index (χ2n) is 15.7. The summed E-state index contributed by atoms with van der Waals surface area (Å²) in [6, 6.07) is -3.50. The van der Waals surface area contributed by atoms with Crippen LogP contribution >= 0.6 is 0 Å². The summed E-state index contributed by atoms with van der Waals surface area (Å²) in [5.41, 5.74) is -0.641. The maximum Gasteiger partial charge on any atom is 0.272 e. The van der Waals surface area contributed by atoms with Gasteiger partial charge in [0.25, 0.3) is 11.8 Å². The molecule has 3 fully saturated rings. The fraction of sp³-hybridized carbons (Fsp3) is 0.757. The molecule has 278 valence electrons. The highest BCUT2D eigenvalue weighted by Crippen LogP contribution is 2.30. The van der Waals surface area contributed by atoms with E-state index in [1.807, 2.05) is 34.6 Å². The molecule has 13 nitrogen and oxygen atoms in total. The molecule has 13 heteroatoms. The van der Waals surface area contributed by atoms with Gasteiger partial charge in [0, 0.05) is 25.0 Å². The van der Waals surface area contributed by atoms with Crippen LogP contribution in [0.4, 0.5) is 0 Å². The van der Waals surface area contributed by atoms with Crippen molar-refractivity contribution in [3.8, 4) is 0 Å². The third-order valence-corrected chi connectivity index (χ3v) is 10.4. The number of carbonyl (C=O) groups is 5. The molecule has 1 aromatic heterocycles. The minimum Gasteiger partial charge on any atom is -0.381 e. The average molecular weight is 698 g/mol. The van der Waals surface area contributed by atoms with Crippen molar-refractivity contribution >= 4 is 29.5 Å². The van der Waals surface area contributed by atoms with Gasteiger partial charge < -0.3 is 31.3 Å². The average Bonchev–Trinajstić information content (AvgIpc) is 3.91. The molecule has 2 unspecified atom stereocenters. The highest BCUT2D eigenvalue weighted by molar-refractivity contribution is 5.98. The lowest BCUT2D eigenvalue weighted by Gasteiger charge is -2.42. The summed E-state index contributed by atoms with van der Waals surface area (Å²) < 4.78 is 0. The van der Waals surface area contributed by atoms with Crippen molar-refractivity contribution in [3.63, 3.8) is 0 Å². The van der Waals surface area contributed by atoms with E-state index in [1.165, 1.54) is 18.6 Å². The molecule has 50 heavy (non-hydrogen) atoms. The number of aromatic nitrogens is 2. The van der Waals surface area contributed by atoms with Gasteiger partial charge >= 0.3 is 0 Å². The number of hydrogen-bond donors (Lipinski definition) is 5. The lowest BCUT2D eigenvalue weighted by atomic mass is 9.81. The van der Waals surface area contributed by atoms with Crippen LogP contribution in [0, 0.1) is 17.3 Å². The van der Waals surface area contributed by atoms with Gasteiger partial charge in [-0.3, -0.25) is 29.0 Å². The van der Waals surface area contributed by atoms with Crippen molar-refractivity contribution in [3.05, 3.63) is 24.3 Å². The number of nitrogens with one attached hydrogen (secondary N) is 4. The largest absolute Gasteiger partial charge is 0.381 e. The van der Waals surface area contributed by atoms with Gasteiger partial charge in [0.15, 0.2) is 6.10 Å². The van der Waals surface area contributed by atoms with Crippen LogP contribution in [0.3, 0.4) is 0 Å². The molecule has 2 heterocycles. The van der Waals surface area contributed by atoms with Crippen LogP contribution in [0.1, 0.15) is 129 Å². The fourth-order valence-electron chi connectivity index (χ4n) is 7.30. The molecule has 3 aliphatic rings. The minimum absolute atomic E-state index is 0.0662. The van der Waals surface area contributed by atoms with Crippen LogP contribution in [-0.2, 0) is 19.2 Å². The third kappa shape index (κ3) is 10.7. The summed E-state index contributed by atoms with van der Waals surface area (Å²) in [6.45, 7) is 9.82. The van der Waals surface area contributed by atoms with E-state index in [1.54, 1.807) is 4.90 Å². The van der Waals surface area contributed by atoms with Crippen LogP contribution in [0.2, 0.25) is 0 Å². The maximum atomic E-state index is 14.7. The van der Waals surface area contributed by atoms with Crippen LogP contribution < -0.4 is 21.3 Å². The van der Waals surface area contributed by atoms with E-state index in [0.29, 0.717) is 25.8 Å². The molecule has 5 N–H and O–H groups in total. The zero-order chi connectivity index (χ0) is 36.4. The van der Waals surface area contributed by atoms with Gasteiger partial charge in [-0.1, -0.05) is 73.1 Å². The van der Waals surface area contributed by atoms with Crippen LogP contribution in [0.25, 0.3) is 0 Å².